The Morgan fingerprint density at radius 3 is 1.69 bits per heavy atom. The van der Waals surface area contributed by atoms with Gasteiger partial charge in [0.25, 0.3) is 0 Å². The van der Waals surface area contributed by atoms with Crippen molar-refractivity contribution in [2.75, 3.05) is 0 Å². The first-order valence-electron chi connectivity index (χ1n) is 16.3. The zero-order valence-corrected chi connectivity index (χ0v) is 26.0. The molecule has 0 spiro atoms. The number of hydrogen-bond donors (Lipinski definition) is 0. The van der Waals surface area contributed by atoms with E-state index in [1.165, 1.54) is 38.1 Å². The molecule has 48 heavy (non-hydrogen) atoms. The van der Waals surface area contributed by atoms with Gasteiger partial charge in [0.05, 0.1) is 33.3 Å². The van der Waals surface area contributed by atoms with E-state index in [1.807, 2.05) is 12.1 Å². The van der Waals surface area contributed by atoms with Gasteiger partial charge in [-0.1, -0.05) is 121 Å². The van der Waals surface area contributed by atoms with Gasteiger partial charge >= 0.3 is 0 Å². The fourth-order valence-corrected chi connectivity index (χ4v) is 7.35. The largest absolute Gasteiger partial charge is 0.309 e. The number of para-hydroxylation sites is 4. The molecule has 0 radical (unpaired) electrons. The van der Waals surface area contributed by atoms with Gasteiger partial charge in [-0.15, -0.1) is 0 Å². The number of hydrogen-bond acceptors (Lipinski definition) is 2. The van der Waals surface area contributed by atoms with Gasteiger partial charge in [0, 0.05) is 38.2 Å². The third-order valence-electron chi connectivity index (χ3n) is 9.53. The van der Waals surface area contributed by atoms with E-state index in [0.29, 0.717) is 5.95 Å². The lowest BCUT2D eigenvalue weighted by atomic mass is 10.0. The molecule has 0 aliphatic carbocycles. The molecule has 10 rings (SSSR count). The van der Waals surface area contributed by atoms with Crippen molar-refractivity contribution in [1.29, 1.82) is 0 Å². The van der Waals surface area contributed by atoms with Crippen LogP contribution in [-0.2, 0) is 0 Å². The SMILES string of the molecule is c1ccc(-c2nc(-n3c4ccccc4c4ccc(-c5ccc6c(c5)c5ccccc5n6-c5ccccc5)cc43)nc3ccccc23)cc1. The van der Waals surface area contributed by atoms with Crippen LogP contribution < -0.4 is 0 Å². The van der Waals surface area contributed by atoms with E-state index in [2.05, 4.69) is 167 Å². The van der Waals surface area contributed by atoms with Crippen molar-refractivity contribution in [2.45, 2.75) is 0 Å². The monoisotopic (exact) mass is 612 g/mol. The van der Waals surface area contributed by atoms with Crippen LogP contribution in [0.4, 0.5) is 0 Å². The molecule has 10 aromatic rings. The number of nitrogens with zero attached hydrogens (tertiary/aromatic N) is 4. The smallest absolute Gasteiger partial charge is 0.235 e. The van der Waals surface area contributed by atoms with Gasteiger partial charge in [0.1, 0.15) is 0 Å². The van der Waals surface area contributed by atoms with Crippen LogP contribution in [0.1, 0.15) is 0 Å². The summed E-state index contributed by atoms with van der Waals surface area (Å²) >= 11 is 0. The molecule has 0 bridgehead atoms. The third kappa shape index (κ3) is 4.03. The van der Waals surface area contributed by atoms with Gasteiger partial charge in [-0.3, -0.25) is 4.57 Å². The summed E-state index contributed by atoms with van der Waals surface area (Å²) in [6, 6.07) is 60.2. The highest BCUT2D eigenvalue weighted by atomic mass is 15.2. The van der Waals surface area contributed by atoms with E-state index in [4.69, 9.17) is 9.97 Å². The van der Waals surface area contributed by atoms with Crippen LogP contribution in [0.2, 0.25) is 0 Å². The van der Waals surface area contributed by atoms with Crippen LogP contribution in [0.25, 0.3) is 88.5 Å². The summed E-state index contributed by atoms with van der Waals surface area (Å²) in [6.07, 6.45) is 0. The van der Waals surface area contributed by atoms with Crippen molar-refractivity contribution in [2.24, 2.45) is 0 Å². The predicted octanol–water partition coefficient (Wildman–Crippen LogP) is 11.2. The van der Waals surface area contributed by atoms with Crippen LogP contribution in [0.3, 0.4) is 0 Å². The van der Waals surface area contributed by atoms with E-state index in [9.17, 15) is 0 Å². The van der Waals surface area contributed by atoms with Crippen molar-refractivity contribution in [3.8, 4) is 34.0 Å². The molecule has 0 aliphatic rings. The molecule has 7 aromatic carbocycles. The number of rotatable bonds is 4. The second kappa shape index (κ2) is 10.5. The van der Waals surface area contributed by atoms with Gasteiger partial charge in [-0.05, 0) is 59.7 Å². The predicted molar refractivity (Wildman–Crippen MR) is 199 cm³/mol. The summed E-state index contributed by atoms with van der Waals surface area (Å²) in [5, 5.41) is 5.87. The summed E-state index contributed by atoms with van der Waals surface area (Å²) < 4.78 is 4.59. The van der Waals surface area contributed by atoms with Gasteiger partial charge in [-0.2, -0.15) is 0 Å². The molecule has 3 aromatic heterocycles. The number of benzene rings is 7. The molecular formula is C44H28N4. The number of fused-ring (bicyclic) bond motifs is 7. The quantitative estimate of drug-likeness (QED) is 0.198. The maximum Gasteiger partial charge on any atom is 0.235 e. The average molecular weight is 613 g/mol. The standard InChI is InChI=1S/C44H28N4/c1-3-13-29(14-4-1)43-36-19-7-10-20-38(36)45-44(46-43)48-40-22-12-8-17-33(40)35-25-23-31(28-42(35)48)30-24-26-41-37(27-30)34-18-9-11-21-39(34)47(41)32-15-5-2-6-16-32/h1-28H. The summed E-state index contributed by atoms with van der Waals surface area (Å²) in [5.41, 5.74) is 11.0. The van der Waals surface area contributed by atoms with Crippen LogP contribution in [0, 0.1) is 0 Å². The minimum atomic E-state index is 0.664. The van der Waals surface area contributed by atoms with Crippen molar-refractivity contribution in [1.82, 2.24) is 19.1 Å². The topological polar surface area (TPSA) is 35.6 Å². The van der Waals surface area contributed by atoms with Crippen molar-refractivity contribution < 1.29 is 0 Å². The first kappa shape index (κ1) is 26.7. The van der Waals surface area contributed by atoms with E-state index < -0.39 is 0 Å². The average Bonchev–Trinajstić information content (AvgIpc) is 3.67. The van der Waals surface area contributed by atoms with E-state index in [-0.39, 0.29) is 0 Å². The van der Waals surface area contributed by atoms with E-state index in [0.717, 1.165) is 44.4 Å². The van der Waals surface area contributed by atoms with Crippen molar-refractivity contribution >= 4 is 54.5 Å². The Morgan fingerprint density at radius 2 is 0.896 bits per heavy atom. The zero-order chi connectivity index (χ0) is 31.6. The van der Waals surface area contributed by atoms with E-state index >= 15 is 0 Å². The maximum absolute atomic E-state index is 5.27. The van der Waals surface area contributed by atoms with Crippen LogP contribution in [0.15, 0.2) is 170 Å². The normalized spacial score (nSPS) is 11.8. The highest BCUT2D eigenvalue weighted by Crippen LogP contribution is 2.38. The molecule has 0 atom stereocenters. The second-order valence-corrected chi connectivity index (χ2v) is 12.3. The Balaban J connectivity index is 1.22. The van der Waals surface area contributed by atoms with Crippen LogP contribution in [-0.4, -0.2) is 19.1 Å². The molecule has 0 aliphatic heterocycles. The van der Waals surface area contributed by atoms with Crippen molar-refractivity contribution in [3.63, 3.8) is 0 Å². The summed E-state index contributed by atoms with van der Waals surface area (Å²) in [7, 11) is 0. The Hall–Kier alpha value is -6.52. The minimum Gasteiger partial charge on any atom is -0.309 e. The molecule has 0 saturated heterocycles. The first-order chi connectivity index (χ1) is 23.8. The van der Waals surface area contributed by atoms with Crippen LogP contribution >= 0.6 is 0 Å². The van der Waals surface area contributed by atoms with Crippen molar-refractivity contribution in [3.05, 3.63) is 170 Å². The Morgan fingerprint density at radius 1 is 0.333 bits per heavy atom. The lowest BCUT2D eigenvalue weighted by Crippen LogP contribution is -2.03. The van der Waals surface area contributed by atoms with Crippen LogP contribution in [0.5, 0.6) is 0 Å². The lowest BCUT2D eigenvalue weighted by Gasteiger charge is -2.12. The molecule has 0 unspecified atom stereocenters. The molecule has 0 saturated carbocycles. The Kier molecular flexibility index (Phi) is 5.84. The van der Waals surface area contributed by atoms with Gasteiger partial charge < -0.3 is 4.57 Å². The maximum atomic E-state index is 5.27. The Bertz CT molecular complexity index is 2830. The zero-order valence-electron chi connectivity index (χ0n) is 26.0. The third-order valence-corrected chi connectivity index (χ3v) is 9.53. The van der Waals surface area contributed by atoms with Gasteiger partial charge in [0.15, 0.2) is 0 Å². The molecule has 4 nitrogen and oxygen atoms in total. The second-order valence-electron chi connectivity index (χ2n) is 12.3. The molecule has 0 fully saturated rings. The minimum absolute atomic E-state index is 0.664. The molecular weight excluding hydrogens is 585 g/mol. The summed E-state index contributed by atoms with van der Waals surface area (Å²) in [5.74, 6) is 0.664. The summed E-state index contributed by atoms with van der Waals surface area (Å²) in [4.78, 5) is 10.4. The fraction of sp³-hybridized carbons (Fsp3) is 0. The highest BCUT2D eigenvalue weighted by molar-refractivity contribution is 6.12. The number of aromatic nitrogens is 4. The lowest BCUT2D eigenvalue weighted by molar-refractivity contribution is 1.01. The molecule has 224 valence electrons. The molecule has 4 heteroatoms. The fourth-order valence-electron chi connectivity index (χ4n) is 7.35. The highest BCUT2D eigenvalue weighted by Gasteiger charge is 2.18. The summed E-state index contributed by atoms with van der Waals surface area (Å²) in [6.45, 7) is 0. The molecule has 3 heterocycles. The van der Waals surface area contributed by atoms with Gasteiger partial charge in [0.2, 0.25) is 5.95 Å². The molecule has 0 N–H and O–H groups in total. The first-order valence-corrected chi connectivity index (χ1v) is 16.3. The van der Waals surface area contributed by atoms with E-state index in [1.54, 1.807) is 0 Å². The Labute approximate surface area is 276 Å². The van der Waals surface area contributed by atoms with Gasteiger partial charge in [-0.25, -0.2) is 9.97 Å². The molecule has 0 amide bonds.